The Morgan fingerprint density at radius 1 is 1.00 bits per heavy atom. The normalized spacial score (nSPS) is 17.1. The van der Waals surface area contributed by atoms with Crippen LogP contribution in [0.3, 0.4) is 0 Å². The van der Waals surface area contributed by atoms with Gasteiger partial charge in [0.05, 0.1) is 11.8 Å². The first-order valence-electron chi connectivity index (χ1n) is 4.91. The van der Waals surface area contributed by atoms with Gasteiger partial charge in [-0.15, -0.1) is 0 Å². The third-order valence-corrected chi connectivity index (χ3v) is 2.78. The van der Waals surface area contributed by atoms with Crippen LogP contribution in [0, 0.1) is 17.8 Å². The first-order valence-corrected chi connectivity index (χ1v) is 4.91. The number of carboxylic acid groups (broad SMARTS) is 2. The largest absolute Gasteiger partial charge is 0.481 e. The highest BCUT2D eigenvalue weighted by Gasteiger charge is 2.32. The molecule has 0 aromatic heterocycles. The predicted molar refractivity (Wildman–Crippen MR) is 52.0 cm³/mol. The molecule has 0 fully saturated rings. The monoisotopic (exact) mass is 202 g/mol. The Morgan fingerprint density at radius 3 is 1.43 bits per heavy atom. The lowest BCUT2D eigenvalue weighted by Crippen LogP contribution is -2.31. The molecule has 14 heavy (non-hydrogen) atoms. The van der Waals surface area contributed by atoms with Gasteiger partial charge in [-0.3, -0.25) is 9.59 Å². The average Bonchev–Trinajstić information content (AvgIpc) is 2.04. The van der Waals surface area contributed by atoms with Crippen LogP contribution in [0.5, 0.6) is 0 Å². The van der Waals surface area contributed by atoms with Gasteiger partial charge in [0.1, 0.15) is 0 Å². The molecule has 0 aromatic rings. The topological polar surface area (TPSA) is 74.6 Å². The maximum absolute atomic E-state index is 10.8. The van der Waals surface area contributed by atoms with E-state index in [1.165, 1.54) is 0 Å². The summed E-state index contributed by atoms with van der Waals surface area (Å²) in [5.74, 6) is -3.24. The summed E-state index contributed by atoms with van der Waals surface area (Å²) in [6, 6.07) is 0. The molecule has 4 heteroatoms. The third kappa shape index (κ3) is 3.01. The van der Waals surface area contributed by atoms with Gasteiger partial charge >= 0.3 is 11.9 Å². The van der Waals surface area contributed by atoms with Crippen LogP contribution in [-0.2, 0) is 9.59 Å². The van der Waals surface area contributed by atoms with Crippen LogP contribution in [0.25, 0.3) is 0 Å². The molecule has 2 N–H and O–H groups in total. The van der Waals surface area contributed by atoms with Crippen molar-refractivity contribution in [1.29, 1.82) is 0 Å². The van der Waals surface area contributed by atoms with Crippen LogP contribution < -0.4 is 0 Å². The van der Waals surface area contributed by atoms with E-state index in [4.69, 9.17) is 10.2 Å². The second-order valence-electron chi connectivity index (χ2n) is 3.57. The Bertz CT molecular complexity index is 190. The molecular weight excluding hydrogens is 184 g/mol. The molecule has 82 valence electrons. The van der Waals surface area contributed by atoms with E-state index < -0.39 is 23.8 Å². The molecule has 2 atom stereocenters. The maximum Gasteiger partial charge on any atom is 0.306 e. The summed E-state index contributed by atoms with van der Waals surface area (Å²) in [5.41, 5.74) is 0. The van der Waals surface area contributed by atoms with E-state index in [9.17, 15) is 9.59 Å². The third-order valence-electron chi connectivity index (χ3n) is 2.78. The zero-order valence-electron chi connectivity index (χ0n) is 8.86. The van der Waals surface area contributed by atoms with Gasteiger partial charge in [0.25, 0.3) is 0 Å². The van der Waals surface area contributed by atoms with Gasteiger partial charge < -0.3 is 10.2 Å². The zero-order chi connectivity index (χ0) is 11.3. The SMILES string of the molecule is CCC(C(=O)O)C(C)C(CC)C(=O)O. The van der Waals surface area contributed by atoms with Crippen molar-refractivity contribution in [3.8, 4) is 0 Å². The Labute approximate surface area is 83.9 Å². The summed E-state index contributed by atoms with van der Waals surface area (Å²) in [4.78, 5) is 21.6. The summed E-state index contributed by atoms with van der Waals surface area (Å²) in [6.45, 7) is 5.23. The van der Waals surface area contributed by atoms with Crippen molar-refractivity contribution in [2.24, 2.45) is 17.8 Å². The van der Waals surface area contributed by atoms with E-state index in [-0.39, 0.29) is 5.92 Å². The average molecular weight is 202 g/mol. The molecule has 4 nitrogen and oxygen atoms in total. The molecule has 0 aliphatic rings. The molecule has 0 saturated heterocycles. The molecule has 0 bridgehead atoms. The van der Waals surface area contributed by atoms with Crippen molar-refractivity contribution >= 4 is 11.9 Å². The first-order chi connectivity index (χ1) is 6.45. The molecule has 0 rings (SSSR count). The molecule has 0 saturated carbocycles. The Balaban J connectivity index is 4.61. The fourth-order valence-electron chi connectivity index (χ4n) is 1.82. The molecule has 0 amide bonds. The molecule has 0 radical (unpaired) electrons. The van der Waals surface area contributed by atoms with Gasteiger partial charge in [0.15, 0.2) is 0 Å². The summed E-state index contributed by atoms with van der Waals surface area (Å²) in [7, 11) is 0. The van der Waals surface area contributed by atoms with Gasteiger partial charge in [-0.2, -0.15) is 0 Å². The maximum atomic E-state index is 10.8. The molecule has 0 aromatic carbocycles. The highest BCUT2D eigenvalue weighted by atomic mass is 16.4. The highest BCUT2D eigenvalue weighted by Crippen LogP contribution is 2.26. The second kappa shape index (κ2) is 5.62. The fourth-order valence-corrected chi connectivity index (χ4v) is 1.82. The van der Waals surface area contributed by atoms with Crippen LogP contribution in [0.15, 0.2) is 0 Å². The summed E-state index contributed by atoms with van der Waals surface area (Å²) < 4.78 is 0. The number of carbonyl (C=O) groups is 2. The number of aliphatic carboxylic acids is 2. The Hall–Kier alpha value is -1.06. The van der Waals surface area contributed by atoms with Crippen LogP contribution >= 0.6 is 0 Å². The van der Waals surface area contributed by atoms with E-state index in [0.29, 0.717) is 12.8 Å². The summed E-state index contributed by atoms with van der Waals surface area (Å²) in [6.07, 6.45) is 0.945. The van der Waals surface area contributed by atoms with Crippen LogP contribution in [0.2, 0.25) is 0 Å². The smallest absolute Gasteiger partial charge is 0.306 e. The number of hydrogen-bond acceptors (Lipinski definition) is 2. The summed E-state index contributed by atoms with van der Waals surface area (Å²) >= 11 is 0. The van der Waals surface area contributed by atoms with Gasteiger partial charge in [-0.25, -0.2) is 0 Å². The van der Waals surface area contributed by atoms with Crippen molar-refractivity contribution in [2.75, 3.05) is 0 Å². The molecule has 0 spiro atoms. The minimum Gasteiger partial charge on any atom is -0.481 e. The van der Waals surface area contributed by atoms with Gasteiger partial charge in [0.2, 0.25) is 0 Å². The van der Waals surface area contributed by atoms with Gasteiger partial charge in [-0.1, -0.05) is 20.8 Å². The Morgan fingerprint density at radius 2 is 1.29 bits per heavy atom. The lowest BCUT2D eigenvalue weighted by molar-refractivity contribution is -0.149. The minimum atomic E-state index is -0.903. The molecule has 0 aliphatic carbocycles. The van der Waals surface area contributed by atoms with Crippen molar-refractivity contribution < 1.29 is 19.8 Å². The highest BCUT2D eigenvalue weighted by molar-refractivity contribution is 5.74. The van der Waals surface area contributed by atoms with Gasteiger partial charge in [-0.05, 0) is 18.8 Å². The lowest BCUT2D eigenvalue weighted by Gasteiger charge is -2.23. The molecule has 0 heterocycles. The zero-order valence-corrected chi connectivity index (χ0v) is 8.86. The van der Waals surface area contributed by atoms with Crippen LogP contribution in [-0.4, -0.2) is 22.2 Å². The van der Waals surface area contributed by atoms with Crippen LogP contribution in [0.1, 0.15) is 33.6 Å². The second-order valence-corrected chi connectivity index (χ2v) is 3.57. The molecule has 0 aliphatic heterocycles. The molecular formula is C10H18O4. The van der Waals surface area contributed by atoms with E-state index in [1.54, 1.807) is 20.8 Å². The van der Waals surface area contributed by atoms with Crippen molar-refractivity contribution in [1.82, 2.24) is 0 Å². The van der Waals surface area contributed by atoms with E-state index in [2.05, 4.69) is 0 Å². The van der Waals surface area contributed by atoms with Crippen LogP contribution in [0.4, 0.5) is 0 Å². The van der Waals surface area contributed by atoms with E-state index >= 15 is 0 Å². The fraction of sp³-hybridized carbons (Fsp3) is 0.800. The van der Waals surface area contributed by atoms with Crippen molar-refractivity contribution in [3.05, 3.63) is 0 Å². The quantitative estimate of drug-likeness (QED) is 0.689. The van der Waals surface area contributed by atoms with Gasteiger partial charge in [0, 0.05) is 0 Å². The van der Waals surface area contributed by atoms with Crippen molar-refractivity contribution in [2.45, 2.75) is 33.6 Å². The molecule has 2 unspecified atom stereocenters. The Kier molecular flexibility index (Phi) is 5.20. The summed E-state index contributed by atoms with van der Waals surface area (Å²) in [5, 5.41) is 17.8. The standard InChI is InChI=1S/C10H18O4/c1-4-7(9(11)12)6(3)8(5-2)10(13)14/h6-8H,4-5H2,1-3H3,(H,11,12)(H,13,14). The number of rotatable bonds is 6. The predicted octanol–water partition coefficient (Wildman–Crippen LogP) is 1.84. The lowest BCUT2D eigenvalue weighted by atomic mass is 9.80. The van der Waals surface area contributed by atoms with Crippen molar-refractivity contribution in [3.63, 3.8) is 0 Å². The van der Waals surface area contributed by atoms with E-state index in [0.717, 1.165) is 0 Å². The number of carboxylic acids is 2. The number of hydrogen-bond donors (Lipinski definition) is 2. The minimum absolute atomic E-state index is 0.319. The first kappa shape index (κ1) is 12.9. The van der Waals surface area contributed by atoms with E-state index in [1.807, 2.05) is 0 Å².